The summed E-state index contributed by atoms with van der Waals surface area (Å²) in [7, 11) is 1.59. The van der Waals surface area contributed by atoms with Crippen molar-refractivity contribution in [3.63, 3.8) is 0 Å². The third-order valence-electron chi connectivity index (χ3n) is 2.16. The van der Waals surface area contributed by atoms with Gasteiger partial charge in [0.25, 0.3) is 5.91 Å². The van der Waals surface area contributed by atoms with Gasteiger partial charge in [-0.2, -0.15) is 0 Å². The molecule has 0 aliphatic carbocycles. The van der Waals surface area contributed by atoms with Gasteiger partial charge in [0, 0.05) is 0 Å². The Morgan fingerprint density at radius 2 is 2.12 bits per heavy atom. The minimum absolute atomic E-state index is 0.190. The first kappa shape index (κ1) is 11.5. The van der Waals surface area contributed by atoms with Crippen LogP contribution in [0.5, 0.6) is 5.75 Å². The summed E-state index contributed by atoms with van der Waals surface area (Å²) in [5.41, 5.74) is 0.877. The monoisotopic (exact) mass is 250 g/mol. The number of amidine groups is 1. The van der Waals surface area contributed by atoms with Crippen LogP contribution in [0.25, 0.3) is 6.08 Å². The van der Waals surface area contributed by atoms with Crippen LogP contribution in [0.3, 0.4) is 0 Å². The summed E-state index contributed by atoms with van der Waals surface area (Å²) in [5.74, 6) is 0.493. The van der Waals surface area contributed by atoms with Crippen LogP contribution >= 0.6 is 11.8 Å². The van der Waals surface area contributed by atoms with Gasteiger partial charge in [-0.3, -0.25) is 10.1 Å². The molecule has 88 valence electrons. The van der Waals surface area contributed by atoms with Crippen LogP contribution in [-0.4, -0.2) is 23.4 Å². The van der Waals surface area contributed by atoms with Gasteiger partial charge in [0.1, 0.15) is 5.75 Å². The second-order valence-corrected chi connectivity index (χ2v) is 4.27. The molecule has 2 rings (SSSR count). The quantitative estimate of drug-likeness (QED) is 0.475. The van der Waals surface area contributed by atoms with E-state index in [-0.39, 0.29) is 11.1 Å². The van der Waals surface area contributed by atoms with E-state index in [9.17, 15) is 4.79 Å². The minimum Gasteiger partial charge on any atom is -0.497 e. The third kappa shape index (κ3) is 2.59. The highest BCUT2D eigenvalue weighted by molar-refractivity contribution is 8.18. The van der Waals surface area contributed by atoms with Gasteiger partial charge in [-0.15, -0.1) is 0 Å². The Kier molecular flexibility index (Phi) is 3.34. The first-order valence-corrected chi connectivity index (χ1v) is 5.61. The molecular weight excluding hydrogens is 240 g/mol. The van der Waals surface area contributed by atoms with Crippen LogP contribution in [0.1, 0.15) is 5.56 Å². The number of thioether (sulfide) groups is 1. The molecule has 0 bridgehead atoms. The number of carbonyl (C=O) groups excluding carboxylic acids is 1. The van der Waals surface area contributed by atoms with Crippen molar-refractivity contribution in [1.82, 2.24) is 5.32 Å². The summed E-state index contributed by atoms with van der Waals surface area (Å²) in [6.45, 7) is 0. The van der Waals surface area contributed by atoms with E-state index in [0.29, 0.717) is 4.91 Å². The molecule has 6 heteroatoms. The molecule has 17 heavy (non-hydrogen) atoms. The highest BCUT2D eigenvalue weighted by atomic mass is 32.2. The fraction of sp³-hybridized carbons (Fsp3) is 0.0909. The summed E-state index contributed by atoms with van der Waals surface area (Å²) in [4.78, 5) is 11.9. The zero-order chi connectivity index (χ0) is 12.3. The van der Waals surface area contributed by atoms with Crippen molar-refractivity contribution in [2.75, 3.05) is 7.11 Å². The van der Waals surface area contributed by atoms with Gasteiger partial charge >= 0.3 is 0 Å². The molecule has 1 aromatic carbocycles. The maximum Gasteiger partial charge on any atom is 0.264 e. The van der Waals surface area contributed by atoms with Crippen LogP contribution in [0.15, 0.2) is 34.3 Å². The number of benzene rings is 1. The van der Waals surface area contributed by atoms with E-state index < -0.39 is 0 Å². The molecule has 1 aromatic rings. The van der Waals surface area contributed by atoms with Gasteiger partial charge in [-0.05, 0) is 35.5 Å². The van der Waals surface area contributed by atoms with Crippen molar-refractivity contribution in [3.05, 3.63) is 34.7 Å². The lowest BCUT2D eigenvalue weighted by molar-refractivity contribution is -0.115. The number of carbonyl (C=O) groups is 1. The Bertz CT molecular complexity index is 494. The summed E-state index contributed by atoms with van der Waals surface area (Å²) < 4.78 is 5.04. The van der Waals surface area contributed by atoms with Crippen molar-refractivity contribution in [1.29, 1.82) is 0 Å². The molecule has 1 saturated heterocycles. The lowest BCUT2D eigenvalue weighted by atomic mass is 10.2. The molecule has 1 aliphatic rings. The molecule has 1 heterocycles. The average Bonchev–Trinajstić information content (AvgIpc) is 2.71. The van der Waals surface area contributed by atoms with Gasteiger partial charge < -0.3 is 9.94 Å². The predicted molar refractivity (Wildman–Crippen MR) is 65.9 cm³/mol. The second-order valence-electron chi connectivity index (χ2n) is 3.24. The minimum atomic E-state index is -0.265. The Balaban J connectivity index is 2.21. The average molecular weight is 250 g/mol. The predicted octanol–water partition coefficient (Wildman–Crippen LogP) is 1.64. The maximum atomic E-state index is 11.5. The highest BCUT2D eigenvalue weighted by Crippen LogP contribution is 2.26. The summed E-state index contributed by atoms with van der Waals surface area (Å²) in [6.07, 6.45) is 1.72. The van der Waals surface area contributed by atoms with Gasteiger partial charge in [-0.25, -0.2) is 0 Å². The van der Waals surface area contributed by atoms with E-state index >= 15 is 0 Å². The first-order chi connectivity index (χ1) is 8.22. The normalized spacial score (nSPS) is 19.7. The molecule has 0 radical (unpaired) electrons. The highest BCUT2D eigenvalue weighted by Gasteiger charge is 2.23. The number of hydrogen-bond acceptors (Lipinski definition) is 5. The molecule has 0 aromatic heterocycles. The molecule has 1 fully saturated rings. The molecule has 0 saturated carbocycles. The smallest absolute Gasteiger partial charge is 0.264 e. The first-order valence-electron chi connectivity index (χ1n) is 4.80. The van der Waals surface area contributed by atoms with Crippen LogP contribution in [0, 0.1) is 0 Å². The number of nitrogens with one attached hydrogen (secondary N) is 1. The van der Waals surface area contributed by atoms with Crippen LogP contribution < -0.4 is 10.1 Å². The van der Waals surface area contributed by atoms with Crippen molar-refractivity contribution < 1.29 is 14.7 Å². The Morgan fingerprint density at radius 1 is 1.41 bits per heavy atom. The summed E-state index contributed by atoms with van der Waals surface area (Å²) in [5, 5.41) is 14.1. The zero-order valence-electron chi connectivity index (χ0n) is 9.01. The topological polar surface area (TPSA) is 70.9 Å². The van der Waals surface area contributed by atoms with Gasteiger partial charge in [0.2, 0.25) is 5.17 Å². The fourth-order valence-electron chi connectivity index (χ4n) is 1.33. The van der Waals surface area contributed by atoms with E-state index in [1.54, 1.807) is 13.2 Å². The van der Waals surface area contributed by atoms with E-state index in [0.717, 1.165) is 23.1 Å². The molecule has 2 N–H and O–H groups in total. The molecule has 0 atom stereocenters. The second kappa shape index (κ2) is 4.92. The van der Waals surface area contributed by atoms with Gasteiger partial charge in [0.05, 0.1) is 12.0 Å². The van der Waals surface area contributed by atoms with Crippen molar-refractivity contribution in [2.24, 2.45) is 5.16 Å². The standard InChI is InChI=1S/C11H10N2O3S/c1-16-8-4-2-7(3-5-8)6-9-10(14)12-11(13-15)17-9/h2-6,15H,1H3,(H,12,13,14)/b9-6-. The zero-order valence-corrected chi connectivity index (χ0v) is 9.82. The van der Waals surface area contributed by atoms with E-state index in [1.807, 2.05) is 24.3 Å². The molecule has 5 nitrogen and oxygen atoms in total. The van der Waals surface area contributed by atoms with Crippen molar-refractivity contribution in [3.8, 4) is 5.75 Å². The maximum absolute atomic E-state index is 11.5. The van der Waals surface area contributed by atoms with Gasteiger partial charge in [-0.1, -0.05) is 17.3 Å². The number of hydrogen-bond donors (Lipinski definition) is 2. The number of methoxy groups -OCH3 is 1. The number of nitrogens with zero attached hydrogens (tertiary/aromatic N) is 1. The van der Waals surface area contributed by atoms with Crippen LogP contribution in [-0.2, 0) is 4.79 Å². The Morgan fingerprint density at radius 3 is 2.65 bits per heavy atom. The lowest BCUT2D eigenvalue weighted by Crippen LogP contribution is -2.19. The largest absolute Gasteiger partial charge is 0.497 e. The summed E-state index contributed by atoms with van der Waals surface area (Å²) in [6, 6.07) is 7.30. The van der Waals surface area contributed by atoms with E-state index in [4.69, 9.17) is 9.94 Å². The number of amides is 1. The lowest BCUT2D eigenvalue weighted by Gasteiger charge is -1.99. The third-order valence-corrected chi connectivity index (χ3v) is 3.06. The number of rotatable bonds is 2. The van der Waals surface area contributed by atoms with E-state index in [1.165, 1.54) is 0 Å². The van der Waals surface area contributed by atoms with Crippen LogP contribution in [0.2, 0.25) is 0 Å². The fourth-order valence-corrected chi connectivity index (χ4v) is 2.06. The Hall–Kier alpha value is -1.95. The van der Waals surface area contributed by atoms with Crippen molar-refractivity contribution in [2.45, 2.75) is 0 Å². The number of ether oxygens (including phenoxy) is 1. The summed E-state index contributed by atoms with van der Waals surface area (Å²) >= 11 is 1.09. The van der Waals surface area contributed by atoms with E-state index in [2.05, 4.69) is 10.5 Å². The molecule has 1 aliphatic heterocycles. The Labute approximate surface area is 102 Å². The van der Waals surface area contributed by atoms with Crippen molar-refractivity contribution >= 4 is 28.9 Å². The number of oxime groups is 1. The SMILES string of the molecule is COc1ccc(/C=C2\S/C(=N\O)NC2=O)cc1. The van der Waals surface area contributed by atoms with Gasteiger partial charge in [0.15, 0.2) is 0 Å². The molecular formula is C11H10N2O3S. The molecule has 1 amide bonds. The molecule has 0 spiro atoms. The molecule has 0 unspecified atom stereocenters. The van der Waals surface area contributed by atoms with Crippen LogP contribution in [0.4, 0.5) is 0 Å².